The number of fused-ring (bicyclic) bond motifs is 1. The Morgan fingerprint density at radius 3 is 2.50 bits per heavy atom. The van der Waals surface area contributed by atoms with Gasteiger partial charge >= 0.3 is 0 Å². The monoisotopic (exact) mass is 434 g/mol. The fraction of sp³-hybridized carbons (Fsp3) is 0.278. The topological polar surface area (TPSA) is 59.8 Å². The maximum absolute atomic E-state index is 12.3. The Kier molecular flexibility index (Phi) is 4.33. The third kappa shape index (κ3) is 3.28. The molecule has 0 aliphatic carbocycles. The van der Waals surface area contributed by atoms with Crippen LogP contribution in [0.15, 0.2) is 36.7 Å². The Bertz CT molecular complexity index is 907. The number of aromatic nitrogens is 3. The summed E-state index contributed by atoms with van der Waals surface area (Å²) in [4.78, 5) is 21.2. The summed E-state index contributed by atoms with van der Waals surface area (Å²) in [6, 6.07) is 7.41. The first kappa shape index (κ1) is 16.9. The van der Waals surface area contributed by atoms with Gasteiger partial charge in [0.25, 0.3) is 5.91 Å². The number of carbonyl (C=O) groups is 1. The lowest BCUT2D eigenvalue weighted by Crippen LogP contribution is -2.21. The zero-order valence-electron chi connectivity index (χ0n) is 14.1. The molecule has 0 aliphatic heterocycles. The van der Waals surface area contributed by atoms with Gasteiger partial charge in [0, 0.05) is 27.1 Å². The van der Waals surface area contributed by atoms with Crippen molar-refractivity contribution < 1.29 is 4.79 Å². The molecule has 2 aromatic heterocycles. The zero-order valence-corrected chi connectivity index (χ0v) is 16.2. The lowest BCUT2D eigenvalue weighted by atomic mass is 10.1. The summed E-state index contributed by atoms with van der Waals surface area (Å²) < 4.78 is 3.20. The first-order chi connectivity index (χ1) is 11.3. The van der Waals surface area contributed by atoms with Crippen molar-refractivity contribution in [2.24, 2.45) is 0 Å². The van der Waals surface area contributed by atoms with E-state index >= 15 is 0 Å². The molecule has 3 rings (SSSR count). The average Bonchev–Trinajstić information content (AvgIpc) is 2.84. The van der Waals surface area contributed by atoms with E-state index in [-0.39, 0.29) is 11.4 Å². The number of carbonyl (C=O) groups excluding carboxylic acids is 1. The first-order valence-electron chi connectivity index (χ1n) is 7.68. The van der Waals surface area contributed by atoms with Gasteiger partial charge in [-0.2, -0.15) is 4.98 Å². The summed E-state index contributed by atoms with van der Waals surface area (Å²) in [5.41, 5.74) is 2.42. The van der Waals surface area contributed by atoms with Gasteiger partial charge in [0.1, 0.15) is 5.65 Å². The maximum Gasteiger partial charge on any atom is 0.258 e. The molecule has 0 aliphatic rings. The summed E-state index contributed by atoms with van der Waals surface area (Å²) in [6.07, 6.45) is 3.82. The largest absolute Gasteiger partial charge is 0.326 e. The minimum atomic E-state index is -0.210. The molecule has 2 heterocycles. The van der Waals surface area contributed by atoms with E-state index in [1.807, 2.05) is 19.1 Å². The van der Waals surface area contributed by atoms with Gasteiger partial charge in [0.15, 0.2) is 0 Å². The van der Waals surface area contributed by atoms with Crippen LogP contribution in [0.4, 0.5) is 5.95 Å². The average molecular weight is 434 g/mol. The Morgan fingerprint density at radius 2 is 1.88 bits per heavy atom. The molecule has 0 bridgehead atoms. The van der Waals surface area contributed by atoms with Crippen molar-refractivity contribution in [3.05, 3.63) is 51.4 Å². The van der Waals surface area contributed by atoms with Crippen molar-refractivity contribution in [2.45, 2.75) is 33.2 Å². The third-order valence-electron chi connectivity index (χ3n) is 3.76. The summed E-state index contributed by atoms with van der Waals surface area (Å²) in [5, 5.41) is 3.77. The Labute approximate surface area is 154 Å². The van der Waals surface area contributed by atoms with Gasteiger partial charge in [0.05, 0.1) is 5.39 Å². The standard InChI is InChI=1S/C18H19IN4O/c1-11-5-7-12(8-6-11)16(24)22-17-20-9-13-14(19)10-23(15(13)21-17)18(2,3)4/h5-10H,1-4H3,(H,20,21,22,24). The van der Waals surface area contributed by atoms with E-state index in [2.05, 4.69) is 69.4 Å². The smallest absolute Gasteiger partial charge is 0.258 e. The molecule has 0 unspecified atom stereocenters. The van der Waals surface area contributed by atoms with Crippen molar-refractivity contribution in [1.29, 1.82) is 0 Å². The van der Waals surface area contributed by atoms with Gasteiger partial charge in [0.2, 0.25) is 5.95 Å². The highest BCUT2D eigenvalue weighted by molar-refractivity contribution is 14.1. The molecule has 1 aromatic carbocycles. The second kappa shape index (κ2) is 6.16. The SMILES string of the molecule is Cc1ccc(C(=O)Nc2ncc3c(I)cn(C(C)(C)C)c3n2)cc1. The first-order valence-corrected chi connectivity index (χ1v) is 8.76. The number of benzene rings is 1. The van der Waals surface area contributed by atoms with Gasteiger partial charge < -0.3 is 4.57 Å². The fourth-order valence-electron chi connectivity index (χ4n) is 2.42. The highest BCUT2D eigenvalue weighted by atomic mass is 127. The van der Waals surface area contributed by atoms with Crippen molar-refractivity contribution in [3.63, 3.8) is 0 Å². The second-order valence-electron chi connectivity index (χ2n) is 6.77. The van der Waals surface area contributed by atoms with Crippen LogP contribution < -0.4 is 5.32 Å². The molecular formula is C18H19IN4O. The zero-order chi connectivity index (χ0) is 17.5. The van der Waals surface area contributed by atoms with E-state index in [9.17, 15) is 4.79 Å². The molecule has 3 aromatic rings. The normalized spacial score (nSPS) is 11.7. The quantitative estimate of drug-likeness (QED) is 0.611. The van der Waals surface area contributed by atoms with Crippen LogP contribution in [0.3, 0.4) is 0 Å². The molecule has 24 heavy (non-hydrogen) atoms. The number of rotatable bonds is 2. The van der Waals surface area contributed by atoms with E-state index < -0.39 is 0 Å². The number of aryl methyl sites for hydroxylation is 1. The molecule has 0 saturated heterocycles. The van der Waals surface area contributed by atoms with E-state index in [0.717, 1.165) is 20.2 Å². The highest BCUT2D eigenvalue weighted by Crippen LogP contribution is 2.27. The van der Waals surface area contributed by atoms with Gasteiger partial charge in [-0.05, 0) is 62.4 Å². The van der Waals surface area contributed by atoms with Crippen LogP contribution in [0.5, 0.6) is 0 Å². The fourth-order valence-corrected chi connectivity index (χ4v) is 3.08. The highest BCUT2D eigenvalue weighted by Gasteiger charge is 2.19. The lowest BCUT2D eigenvalue weighted by molar-refractivity contribution is 0.102. The molecule has 0 fully saturated rings. The van der Waals surface area contributed by atoms with Gasteiger partial charge in [-0.15, -0.1) is 0 Å². The van der Waals surface area contributed by atoms with Crippen molar-refractivity contribution in [2.75, 3.05) is 5.32 Å². The molecule has 1 N–H and O–H groups in total. The predicted octanol–water partition coefficient (Wildman–Crippen LogP) is 4.35. The molecular weight excluding hydrogens is 415 g/mol. The van der Waals surface area contributed by atoms with Crippen LogP contribution in [-0.4, -0.2) is 20.4 Å². The molecule has 5 nitrogen and oxygen atoms in total. The summed E-state index contributed by atoms with van der Waals surface area (Å²) in [6.45, 7) is 8.35. The Morgan fingerprint density at radius 1 is 1.21 bits per heavy atom. The van der Waals surface area contributed by atoms with Gasteiger partial charge in [-0.25, -0.2) is 4.98 Å². The molecule has 0 atom stereocenters. The van der Waals surface area contributed by atoms with Crippen molar-refractivity contribution in [1.82, 2.24) is 14.5 Å². The summed E-state index contributed by atoms with van der Waals surface area (Å²) >= 11 is 2.28. The van der Waals surface area contributed by atoms with Crippen molar-refractivity contribution >= 4 is 45.5 Å². The van der Waals surface area contributed by atoms with Crippen LogP contribution in [0.25, 0.3) is 11.0 Å². The van der Waals surface area contributed by atoms with Crippen molar-refractivity contribution in [3.8, 4) is 0 Å². The van der Waals surface area contributed by atoms with E-state index in [4.69, 9.17) is 0 Å². The number of halogens is 1. The van der Waals surface area contributed by atoms with Crippen LogP contribution in [-0.2, 0) is 5.54 Å². The minimum Gasteiger partial charge on any atom is -0.326 e. The van der Waals surface area contributed by atoms with Crippen LogP contribution in [0.2, 0.25) is 0 Å². The predicted molar refractivity (Wildman–Crippen MR) is 104 cm³/mol. The second-order valence-corrected chi connectivity index (χ2v) is 7.93. The van der Waals surface area contributed by atoms with E-state index in [1.54, 1.807) is 18.3 Å². The van der Waals surface area contributed by atoms with Gasteiger partial charge in [-0.3, -0.25) is 10.1 Å². The molecule has 0 saturated carbocycles. The van der Waals surface area contributed by atoms with E-state index in [1.165, 1.54) is 0 Å². The van der Waals surface area contributed by atoms with Gasteiger partial charge in [-0.1, -0.05) is 17.7 Å². The lowest BCUT2D eigenvalue weighted by Gasteiger charge is -2.21. The molecule has 124 valence electrons. The Hall–Kier alpha value is -1.96. The van der Waals surface area contributed by atoms with Crippen LogP contribution >= 0.6 is 22.6 Å². The van der Waals surface area contributed by atoms with E-state index in [0.29, 0.717) is 11.5 Å². The third-order valence-corrected chi connectivity index (χ3v) is 4.62. The number of anilines is 1. The molecule has 0 spiro atoms. The molecule has 1 amide bonds. The summed E-state index contributed by atoms with van der Waals surface area (Å²) in [5.74, 6) is 0.103. The number of amides is 1. The van der Waals surface area contributed by atoms with Crippen LogP contribution in [0.1, 0.15) is 36.7 Å². The minimum absolute atomic E-state index is 0.103. The Balaban J connectivity index is 1.96. The number of hydrogen-bond donors (Lipinski definition) is 1. The molecule has 0 radical (unpaired) electrons. The maximum atomic E-state index is 12.3. The number of hydrogen-bond acceptors (Lipinski definition) is 3. The number of nitrogens with zero attached hydrogens (tertiary/aromatic N) is 3. The summed E-state index contributed by atoms with van der Waals surface area (Å²) in [7, 11) is 0. The van der Waals surface area contributed by atoms with Crippen LogP contribution in [0, 0.1) is 10.5 Å². The molecule has 6 heteroatoms. The number of nitrogens with one attached hydrogen (secondary N) is 1.